The molecule has 1 heterocycles. The molecule has 3 unspecified atom stereocenters. The first-order valence-corrected chi connectivity index (χ1v) is 5.71. The molecule has 0 bridgehead atoms. The lowest BCUT2D eigenvalue weighted by atomic mass is 9.60. The van der Waals surface area contributed by atoms with E-state index in [0.29, 0.717) is 0 Å². The second-order valence-corrected chi connectivity index (χ2v) is 4.67. The summed E-state index contributed by atoms with van der Waals surface area (Å²) in [6, 6.07) is 11.0. The minimum Gasteiger partial charge on any atom is -0.316 e. The van der Waals surface area contributed by atoms with Crippen molar-refractivity contribution in [3.8, 4) is 0 Å². The molecule has 2 heteroatoms. The minimum atomic E-state index is 0. The van der Waals surface area contributed by atoms with Crippen molar-refractivity contribution in [1.29, 1.82) is 0 Å². The van der Waals surface area contributed by atoms with Crippen LogP contribution in [0.5, 0.6) is 0 Å². The van der Waals surface area contributed by atoms with Gasteiger partial charge < -0.3 is 5.32 Å². The van der Waals surface area contributed by atoms with E-state index < -0.39 is 0 Å². The van der Waals surface area contributed by atoms with Gasteiger partial charge in [-0.3, -0.25) is 0 Å². The molecule has 3 atom stereocenters. The van der Waals surface area contributed by atoms with E-state index in [4.69, 9.17) is 0 Å². The summed E-state index contributed by atoms with van der Waals surface area (Å²) >= 11 is 0. The maximum Gasteiger partial charge on any atom is -0.00120 e. The monoisotopic (exact) mass is 223 g/mol. The normalized spacial score (nSPS) is 33.5. The summed E-state index contributed by atoms with van der Waals surface area (Å²) in [5, 5.41) is 3.52. The summed E-state index contributed by atoms with van der Waals surface area (Å²) < 4.78 is 0. The highest BCUT2D eigenvalue weighted by atomic mass is 35.5. The second-order valence-electron chi connectivity index (χ2n) is 4.67. The fraction of sp³-hybridized carbons (Fsp3) is 0.538. The van der Waals surface area contributed by atoms with Gasteiger partial charge in [0.2, 0.25) is 0 Å². The molecule has 0 aromatic heterocycles. The molecular formula is C13H18ClN. The maximum absolute atomic E-state index is 3.52. The van der Waals surface area contributed by atoms with Crippen LogP contribution in [-0.4, -0.2) is 13.1 Å². The number of benzene rings is 1. The van der Waals surface area contributed by atoms with Crippen LogP contribution >= 0.6 is 12.4 Å². The highest BCUT2D eigenvalue weighted by Crippen LogP contribution is 2.49. The topological polar surface area (TPSA) is 12.0 Å². The number of hydrogen-bond acceptors (Lipinski definition) is 1. The van der Waals surface area contributed by atoms with Crippen molar-refractivity contribution in [2.45, 2.75) is 18.8 Å². The van der Waals surface area contributed by atoms with E-state index in [-0.39, 0.29) is 12.4 Å². The van der Waals surface area contributed by atoms with Gasteiger partial charge in [0.05, 0.1) is 0 Å². The molecule has 2 fully saturated rings. The predicted octanol–water partition coefficient (Wildman–Crippen LogP) is 2.82. The van der Waals surface area contributed by atoms with E-state index in [9.17, 15) is 0 Å². The van der Waals surface area contributed by atoms with Crippen LogP contribution in [0.25, 0.3) is 0 Å². The molecule has 1 nitrogen and oxygen atoms in total. The molecule has 3 rings (SSSR count). The average Bonchev–Trinajstić information content (AvgIpc) is 2.22. The van der Waals surface area contributed by atoms with E-state index in [1.54, 1.807) is 5.56 Å². The van der Waals surface area contributed by atoms with Gasteiger partial charge in [0, 0.05) is 0 Å². The zero-order chi connectivity index (χ0) is 9.38. The first-order valence-electron chi connectivity index (χ1n) is 5.71. The molecule has 1 aromatic rings. The summed E-state index contributed by atoms with van der Waals surface area (Å²) in [4.78, 5) is 0. The lowest BCUT2D eigenvalue weighted by Gasteiger charge is -2.48. The van der Waals surface area contributed by atoms with Gasteiger partial charge in [-0.25, -0.2) is 0 Å². The van der Waals surface area contributed by atoms with Gasteiger partial charge in [0.15, 0.2) is 0 Å². The molecule has 82 valence electrons. The summed E-state index contributed by atoms with van der Waals surface area (Å²) in [5.41, 5.74) is 1.55. The molecule has 1 aliphatic carbocycles. The third-order valence-corrected chi connectivity index (χ3v) is 3.98. The van der Waals surface area contributed by atoms with Gasteiger partial charge in [0.25, 0.3) is 0 Å². The molecule has 1 saturated heterocycles. The molecule has 1 aromatic carbocycles. The molecule has 1 saturated carbocycles. The van der Waals surface area contributed by atoms with Crippen LogP contribution < -0.4 is 5.32 Å². The molecule has 1 aliphatic heterocycles. The first-order chi connectivity index (χ1) is 6.95. The van der Waals surface area contributed by atoms with Gasteiger partial charge in [-0.05, 0) is 49.2 Å². The average molecular weight is 224 g/mol. The molecular weight excluding hydrogens is 206 g/mol. The smallest absolute Gasteiger partial charge is 0.00120 e. The zero-order valence-electron chi connectivity index (χ0n) is 8.86. The number of halogens is 1. The third kappa shape index (κ3) is 1.91. The van der Waals surface area contributed by atoms with Crippen LogP contribution in [0.1, 0.15) is 24.3 Å². The molecule has 1 N–H and O–H groups in total. The highest BCUT2D eigenvalue weighted by molar-refractivity contribution is 5.85. The Morgan fingerprint density at radius 2 is 1.93 bits per heavy atom. The van der Waals surface area contributed by atoms with Crippen LogP contribution in [0.3, 0.4) is 0 Å². The van der Waals surface area contributed by atoms with E-state index in [1.807, 2.05) is 0 Å². The van der Waals surface area contributed by atoms with Crippen LogP contribution in [0.15, 0.2) is 30.3 Å². The lowest BCUT2D eigenvalue weighted by molar-refractivity contribution is 0.0934. The van der Waals surface area contributed by atoms with E-state index >= 15 is 0 Å². The molecule has 15 heavy (non-hydrogen) atoms. The van der Waals surface area contributed by atoms with E-state index in [1.165, 1.54) is 25.9 Å². The summed E-state index contributed by atoms with van der Waals surface area (Å²) in [7, 11) is 0. The third-order valence-electron chi connectivity index (χ3n) is 3.98. The van der Waals surface area contributed by atoms with Gasteiger partial charge in [0.1, 0.15) is 0 Å². The Balaban J connectivity index is 0.000000853. The molecule has 0 spiro atoms. The number of rotatable bonds is 1. The quantitative estimate of drug-likeness (QED) is 0.772. The van der Waals surface area contributed by atoms with Crippen molar-refractivity contribution in [1.82, 2.24) is 5.32 Å². The largest absolute Gasteiger partial charge is 0.316 e. The van der Waals surface area contributed by atoms with Crippen molar-refractivity contribution in [2.75, 3.05) is 13.1 Å². The molecule has 0 amide bonds. The summed E-state index contributed by atoms with van der Waals surface area (Å²) in [6.45, 7) is 2.48. The van der Waals surface area contributed by atoms with Gasteiger partial charge in [-0.2, -0.15) is 0 Å². The van der Waals surface area contributed by atoms with Gasteiger partial charge in [-0.1, -0.05) is 30.3 Å². The SMILES string of the molecule is Cl.c1ccc(C2CC3CCNCC32)cc1. The Hall–Kier alpha value is -0.530. The van der Waals surface area contributed by atoms with Crippen molar-refractivity contribution < 1.29 is 0 Å². The van der Waals surface area contributed by atoms with Crippen LogP contribution in [0.2, 0.25) is 0 Å². The first kappa shape index (κ1) is 11.0. The Morgan fingerprint density at radius 1 is 1.13 bits per heavy atom. The van der Waals surface area contributed by atoms with Gasteiger partial charge >= 0.3 is 0 Å². The Morgan fingerprint density at radius 3 is 2.67 bits per heavy atom. The summed E-state index contributed by atoms with van der Waals surface area (Å²) in [6.07, 6.45) is 2.82. The van der Waals surface area contributed by atoms with Crippen LogP contribution in [0.4, 0.5) is 0 Å². The predicted molar refractivity (Wildman–Crippen MR) is 65.5 cm³/mol. The van der Waals surface area contributed by atoms with Crippen molar-refractivity contribution in [3.05, 3.63) is 35.9 Å². The second kappa shape index (κ2) is 4.54. The number of piperidine rings is 1. The van der Waals surface area contributed by atoms with Crippen LogP contribution in [-0.2, 0) is 0 Å². The van der Waals surface area contributed by atoms with Crippen molar-refractivity contribution in [3.63, 3.8) is 0 Å². The maximum atomic E-state index is 3.52. The zero-order valence-corrected chi connectivity index (χ0v) is 9.67. The molecule has 0 radical (unpaired) electrons. The van der Waals surface area contributed by atoms with E-state index in [2.05, 4.69) is 35.6 Å². The van der Waals surface area contributed by atoms with Crippen LogP contribution in [0, 0.1) is 11.8 Å². The fourth-order valence-corrected chi connectivity index (χ4v) is 3.09. The number of nitrogens with one attached hydrogen (secondary N) is 1. The number of hydrogen-bond donors (Lipinski definition) is 1. The van der Waals surface area contributed by atoms with Crippen molar-refractivity contribution >= 4 is 12.4 Å². The molecule has 2 aliphatic rings. The number of fused-ring (bicyclic) bond motifs is 1. The van der Waals surface area contributed by atoms with E-state index in [0.717, 1.165) is 17.8 Å². The minimum absolute atomic E-state index is 0. The highest BCUT2D eigenvalue weighted by Gasteiger charge is 2.42. The fourth-order valence-electron chi connectivity index (χ4n) is 3.09. The Kier molecular flexibility index (Phi) is 3.32. The Bertz CT molecular complexity index is 312. The van der Waals surface area contributed by atoms with Crippen molar-refractivity contribution in [2.24, 2.45) is 11.8 Å². The standard InChI is InChI=1S/C13H17N.ClH/c1-2-4-10(5-3-1)12-8-11-6-7-14-9-13(11)12;/h1-5,11-14H,6-9H2;1H. The Labute approximate surface area is 97.7 Å². The van der Waals surface area contributed by atoms with Gasteiger partial charge in [-0.15, -0.1) is 12.4 Å². The summed E-state index contributed by atoms with van der Waals surface area (Å²) in [5.74, 6) is 2.78. The lowest BCUT2D eigenvalue weighted by Crippen LogP contribution is -2.47.